The second-order valence-electron chi connectivity index (χ2n) is 9.98. The van der Waals surface area contributed by atoms with E-state index in [4.69, 9.17) is 9.47 Å². The van der Waals surface area contributed by atoms with Gasteiger partial charge >= 0.3 is 12.1 Å². The van der Waals surface area contributed by atoms with Crippen LogP contribution >= 0.6 is 0 Å². The summed E-state index contributed by atoms with van der Waals surface area (Å²) in [6.07, 6.45) is 1.15. The highest BCUT2D eigenvalue weighted by Gasteiger charge is 2.54. The molecule has 0 radical (unpaired) electrons. The number of rotatable bonds is 6. The highest BCUT2D eigenvalue weighted by Crippen LogP contribution is 2.47. The highest BCUT2D eigenvalue weighted by atomic mass is 16.5. The number of benzene rings is 2. The van der Waals surface area contributed by atoms with Crippen molar-refractivity contribution in [3.63, 3.8) is 0 Å². The summed E-state index contributed by atoms with van der Waals surface area (Å²) in [5.74, 6) is -1.02. The number of carboxylic acids is 1. The van der Waals surface area contributed by atoms with Gasteiger partial charge in [0, 0.05) is 30.8 Å². The number of nitrogens with one attached hydrogen (secondary N) is 1. The molecule has 6 rings (SSSR count). The van der Waals surface area contributed by atoms with Gasteiger partial charge in [0.1, 0.15) is 12.6 Å². The Balaban J connectivity index is 1.12. The van der Waals surface area contributed by atoms with Gasteiger partial charge in [-0.05, 0) is 35.1 Å². The van der Waals surface area contributed by atoms with Gasteiger partial charge in [0.25, 0.3) is 0 Å². The predicted octanol–water partition coefficient (Wildman–Crippen LogP) is 3.00. The first-order chi connectivity index (χ1) is 17.0. The fourth-order valence-electron chi connectivity index (χ4n) is 6.52. The maximum atomic E-state index is 13.2. The number of hydrogen-bond acceptors (Lipinski definition) is 5. The highest BCUT2D eigenvalue weighted by molar-refractivity contribution is 5.89. The molecule has 3 aliphatic heterocycles. The van der Waals surface area contributed by atoms with Crippen molar-refractivity contribution in [1.29, 1.82) is 0 Å². The molecule has 0 aromatic heterocycles. The molecule has 0 saturated carbocycles. The first-order valence-corrected chi connectivity index (χ1v) is 12.3. The van der Waals surface area contributed by atoms with Gasteiger partial charge in [0.2, 0.25) is 5.91 Å². The van der Waals surface area contributed by atoms with Gasteiger partial charge in [-0.1, -0.05) is 48.5 Å². The van der Waals surface area contributed by atoms with Gasteiger partial charge in [-0.15, -0.1) is 0 Å². The summed E-state index contributed by atoms with van der Waals surface area (Å²) in [5, 5.41) is 11.9. The summed E-state index contributed by atoms with van der Waals surface area (Å²) in [7, 11) is 0. The van der Waals surface area contributed by atoms with E-state index in [-0.39, 0.29) is 30.6 Å². The number of nitrogens with zero attached hydrogens (tertiary/aromatic N) is 1. The van der Waals surface area contributed by atoms with Crippen LogP contribution < -0.4 is 5.32 Å². The molecular formula is C27H28N2O6. The number of alkyl carbamates (subject to hydrolysis) is 1. The first-order valence-electron chi connectivity index (χ1n) is 12.3. The van der Waals surface area contributed by atoms with Gasteiger partial charge in [0.15, 0.2) is 0 Å². The lowest BCUT2D eigenvalue weighted by molar-refractivity contribution is -0.142. The quantitative estimate of drug-likeness (QED) is 0.664. The van der Waals surface area contributed by atoms with Crippen molar-refractivity contribution < 1.29 is 29.0 Å². The fourth-order valence-corrected chi connectivity index (χ4v) is 6.52. The van der Waals surface area contributed by atoms with Crippen molar-refractivity contribution in [2.24, 2.45) is 11.8 Å². The average molecular weight is 477 g/mol. The van der Waals surface area contributed by atoms with Gasteiger partial charge in [-0.25, -0.2) is 4.79 Å². The number of ether oxygens (including phenoxy) is 2. The van der Waals surface area contributed by atoms with Crippen molar-refractivity contribution >= 4 is 18.0 Å². The summed E-state index contributed by atoms with van der Waals surface area (Å²) in [6.45, 7) is 1.20. The zero-order valence-corrected chi connectivity index (χ0v) is 19.3. The van der Waals surface area contributed by atoms with Crippen molar-refractivity contribution in [2.75, 3.05) is 19.7 Å². The van der Waals surface area contributed by atoms with E-state index in [0.717, 1.165) is 35.1 Å². The van der Waals surface area contributed by atoms with Crippen LogP contribution in [0.15, 0.2) is 48.5 Å². The van der Waals surface area contributed by atoms with Crippen LogP contribution in [0.5, 0.6) is 0 Å². The van der Waals surface area contributed by atoms with Crippen LogP contribution in [0.1, 0.15) is 36.3 Å². The molecule has 3 saturated heterocycles. The Morgan fingerprint density at radius 1 is 0.971 bits per heavy atom. The summed E-state index contributed by atoms with van der Waals surface area (Å²) in [4.78, 5) is 39.1. The van der Waals surface area contributed by atoms with E-state index in [9.17, 15) is 19.5 Å². The molecule has 2 bridgehead atoms. The smallest absolute Gasteiger partial charge is 0.407 e. The third kappa shape index (κ3) is 3.86. The minimum atomic E-state index is -1.17. The van der Waals surface area contributed by atoms with E-state index in [1.807, 2.05) is 36.4 Å². The number of hydrogen-bond donors (Lipinski definition) is 2. The lowest BCUT2D eigenvalue weighted by Crippen LogP contribution is -2.49. The third-order valence-corrected chi connectivity index (χ3v) is 8.08. The molecule has 0 spiro atoms. The fraction of sp³-hybridized carbons (Fsp3) is 0.444. The summed E-state index contributed by atoms with van der Waals surface area (Å²) < 4.78 is 11.5. The van der Waals surface area contributed by atoms with Crippen molar-refractivity contribution in [1.82, 2.24) is 10.2 Å². The molecule has 2 aromatic carbocycles. The second-order valence-corrected chi connectivity index (χ2v) is 9.98. The van der Waals surface area contributed by atoms with E-state index < -0.39 is 24.5 Å². The molecule has 3 heterocycles. The molecule has 2 N–H and O–H groups in total. The Morgan fingerprint density at radius 2 is 1.54 bits per heavy atom. The molecule has 3 fully saturated rings. The molecule has 1 aliphatic carbocycles. The maximum absolute atomic E-state index is 13.2. The monoisotopic (exact) mass is 476 g/mol. The molecule has 5 atom stereocenters. The van der Waals surface area contributed by atoms with Gasteiger partial charge in [-0.2, -0.15) is 0 Å². The number of amides is 2. The lowest BCUT2D eigenvalue weighted by atomic mass is 9.82. The predicted molar refractivity (Wildman–Crippen MR) is 126 cm³/mol. The average Bonchev–Trinajstić information content (AvgIpc) is 3.62. The van der Waals surface area contributed by atoms with Crippen molar-refractivity contribution in [3.8, 4) is 11.1 Å². The largest absolute Gasteiger partial charge is 0.481 e. The number of fused-ring (bicyclic) bond motifs is 8. The van der Waals surface area contributed by atoms with Gasteiger partial charge < -0.3 is 24.8 Å². The molecule has 8 heteroatoms. The van der Waals surface area contributed by atoms with Gasteiger partial charge in [0.05, 0.1) is 18.6 Å². The Kier molecular flexibility index (Phi) is 5.48. The summed E-state index contributed by atoms with van der Waals surface area (Å²) >= 11 is 0. The maximum Gasteiger partial charge on any atom is 0.407 e. The lowest BCUT2D eigenvalue weighted by Gasteiger charge is -2.25. The SMILES string of the molecule is O=C(O)CC(NC(=O)OCC1c2ccccc2-c2ccccc21)C(=O)N1C[C@@H]2[C@H](C1)[C@H]1CC[C@@H]2O1. The summed E-state index contributed by atoms with van der Waals surface area (Å²) in [6, 6.07) is 14.9. The minimum Gasteiger partial charge on any atom is -0.481 e. The van der Waals surface area contributed by atoms with Crippen LogP contribution in [-0.2, 0) is 19.1 Å². The van der Waals surface area contributed by atoms with Gasteiger partial charge in [-0.3, -0.25) is 9.59 Å². The second kappa shape index (κ2) is 8.68. The van der Waals surface area contributed by atoms with Crippen LogP contribution in [0.4, 0.5) is 4.79 Å². The number of carbonyl (C=O) groups is 3. The molecule has 4 aliphatic rings. The standard InChI is InChI=1S/C27H28N2O6/c30-25(31)11-22(26(32)29-12-19-20(13-29)24-10-9-23(19)35-24)28-27(33)34-14-21-17-7-3-1-5-15(17)16-6-2-4-8-18(16)21/h1-8,19-24H,9-14H2,(H,28,33)(H,30,31)/t19-,20+,22?,23+,24-. The van der Waals surface area contributed by atoms with Crippen LogP contribution in [0.3, 0.4) is 0 Å². The number of likely N-dealkylation sites (tertiary alicyclic amines) is 1. The van der Waals surface area contributed by atoms with E-state index in [0.29, 0.717) is 24.9 Å². The van der Waals surface area contributed by atoms with Crippen molar-refractivity contribution in [2.45, 2.75) is 43.4 Å². The first kappa shape index (κ1) is 22.1. The Labute approximate surface area is 203 Å². The molecule has 2 amide bonds. The number of aliphatic carboxylic acids is 1. The van der Waals surface area contributed by atoms with Crippen LogP contribution in [-0.4, -0.2) is 65.9 Å². The zero-order valence-electron chi connectivity index (χ0n) is 19.3. The molecule has 1 unspecified atom stereocenters. The zero-order chi connectivity index (χ0) is 24.1. The molecule has 8 nitrogen and oxygen atoms in total. The Hall–Kier alpha value is -3.39. The van der Waals surface area contributed by atoms with Crippen LogP contribution in [0.25, 0.3) is 11.1 Å². The van der Waals surface area contributed by atoms with E-state index in [1.165, 1.54) is 0 Å². The molecule has 2 aromatic rings. The van der Waals surface area contributed by atoms with E-state index >= 15 is 0 Å². The number of carbonyl (C=O) groups excluding carboxylic acids is 2. The molecular weight excluding hydrogens is 448 g/mol. The Morgan fingerprint density at radius 3 is 2.11 bits per heavy atom. The van der Waals surface area contributed by atoms with Crippen LogP contribution in [0.2, 0.25) is 0 Å². The normalized spacial score (nSPS) is 26.7. The summed E-state index contributed by atoms with van der Waals surface area (Å²) in [5.41, 5.74) is 4.40. The number of carboxylic acid groups (broad SMARTS) is 1. The minimum absolute atomic E-state index is 0.0996. The Bertz CT molecular complexity index is 1120. The molecule has 35 heavy (non-hydrogen) atoms. The van der Waals surface area contributed by atoms with Crippen LogP contribution in [0, 0.1) is 11.8 Å². The van der Waals surface area contributed by atoms with Crippen molar-refractivity contribution in [3.05, 3.63) is 59.7 Å². The van der Waals surface area contributed by atoms with E-state index in [1.54, 1.807) is 4.90 Å². The molecule has 182 valence electrons. The third-order valence-electron chi connectivity index (χ3n) is 8.08. The topological polar surface area (TPSA) is 105 Å². The van der Waals surface area contributed by atoms with E-state index in [2.05, 4.69) is 17.4 Å².